The molecule has 1 aliphatic rings. The van der Waals surface area contributed by atoms with Crippen LogP contribution in [0.5, 0.6) is 5.75 Å². The van der Waals surface area contributed by atoms with Crippen molar-refractivity contribution in [2.45, 2.75) is 45.1 Å². The van der Waals surface area contributed by atoms with Crippen molar-refractivity contribution in [3.63, 3.8) is 0 Å². The zero-order chi connectivity index (χ0) is 17.4. The molecular weight excluding hydrogens is 304 g/mol. The Hall–Kier alpha value is -1.88. The number of carbonyl (C=O) groups is 2. The zero-order valence-electron chi connectivity index (χ0n) is 14.7. The van der Waals surface area contributed by atoms with Gasteiger partial charge in [-0.05, 0) is 63.5 Å². The molecule has 0 radical (unpaired) electrons. The summed E-state index contributed by atoms with van der Waals surface area (Å²) in [5.41, 5.74) is 0.666. The van der Waals surface area contributed by atoms with Gasteiger partial charge < -0.3 is 10.1 Å². The molecule has 0 aromatic heterocycles. The lowest BCUT2D eigenvalue weighted by Crippen LogP contribution is -2.40. The van der Waals surface area contributed by atoms with Crippen LogP contribution in [-0.2, 0) is 4.79 Å². The maximum Gasteiger partial charge on any atom is 0.220 e. The summed E-state index contributed by atoms with van der Waals surface area (Å²) in [6, 6.07) is 7.47. The van der Waals surface area contributed by atoms with Gasteiger partial charge in [-0.3, -0.25) is 14.5 Å². The lowest BCUT2D eigenvalue weighted by atomic mass is 10.1. The van der Waals surface area contributed by atoms with E-state index in [9.17, 15) is 9.59 Å². The van der Waals surface area contributed by atoms with Crippen LogP contribution in [0.2, 0.25) is 0 Å². The molecule has 1 aliphatic heterocycles. The molecule has 2 rings (SSSR count). The van der Waals surface area contributed by atoms with Crippen LogP contribution in [0.15, 0.2) is 24.3 Å². The van der Waals surface area contributed by atoms with Crippen molar-refractivity contribution in [2.75, 3.05) is 26.7 Å². The topological polar surface area (TPSA) is 58.6 Å². The van der Waals surface area contributed by atoms with Crippen molar-refractivity contribution in [3.8, 4) is 5.75 Å². The highest BCUT2D eigenvalue weighted by molar-refractivity contribution is 5.96. The second-order valence-electron chi connectivity index (χ2n) is 6.40. The fourth-order valence-corrected chi connectivity index (χ4v) is 2.99. The minimum atomic E-state index is 0.0311. The van der Waals surface area contributed by atoms with Crippen molar-refractivity contribution in [1.29, 1.82) is 0 Å². The standard InChI is InChI=1S/C19H28N2O3/c1-15(21-12-3-4-13-21)14-20-19(23)7-5-6-18(22)16-8-10-17(24-2)11-9-16/h8-11,15H,3-7,12-14H2,1-2H3,(H,20,23). The molecule has 1 saturated heterocycles. The Morgan fingerprint density at radius 1 is 1.17 bits per heavy atom. The van der Waals surface area contributed by atoms with E-state index in [0.717, 1.165) is 18.8 Å². The zero-order valence-corrected chi connectivity index (χ0v) is 14.7. The molecule has 1 aromatic rings. The van der Waals surface area contributed by atoms with Gasteiger partial charge in [0.1, 0.15) is 5.75 Å². The molecule has 1 atom stereocenters. The highest BCUT2D eigenvalue weighted by Crippen LogP contribution is 2.14. The van der Waals surface area contributed by atoms with Crippen molar-refractivity contribution in [2.24, 2.45) is 0 Å². The quantitative estimate of drug-likeness (QED) is 0.706. The van der Waals surface area contributed by atoms with Gasteiger partial charge in [0, 0.05) is 31.0 Å². The molecular formula is C19H28N2O3. The number of likely N-dealkylation sites (tertiary alicyclic amines) is 1. The van der Waals surface area contributed by atoms with Crippen LogP contribution in [0.1, 0.15) is 49.4 Å². The number of ketones is 1. The predicted molar refractivity (Wildman–Crippen MR) is 94.5 cm³/mol. The monoisotopic (exact) mass is 332 g/mol. The number of methoxy groups -OCH3 is 1. The van der Waals surface area contributed by atoms with E-state index in [0.29, 0.717) is 37.4 Å². The number of ether oxygens (including phenoxy) is 1. The number of Topliss-reactive ketones (excluding diaryl/α,β-unsaturated/α-hetero) is 1. The van der Waals surface area contributed by atoms with E-state index in [1.807, 2.05) is 0 Å². The number of benzene rings is 1. The summed E-state index contributed by atoms with van der Waals surface area (Å²) in [5.74, 6) is 0.831. The van der Waals surface area contributed by atoms with Crippen LogP contribution < -0.4 is 10.1 Å². The molecule has 0 bridgehead atoms. The van der Waals surface area contributed by atoms with E-state index >= 15 is 0 Å². The van der Waals surface area contributed by atoms with Gasteiger partial charge in [0.2, 0.25) is 5.91 Å². The first-order valence-electron chi connectivity index (χ1n) is 8.78. The van der Waals surface area contributed by atoms with Crippen LogP contribution in [-0.4, -0.2) is 49.4 Å². The van der Waals surface area contributed by atoms with Crippen molar-refractivity contribution >= 4 is 11.7 Å². The van der Waals surface area contributed by atoms with Gasteiger partial charge in [0.15, 0.2) is 5.78 Å². The predicted octanol–water partition coefficient (Wildman–Crippen LogP) is 2.65. The minimum Gasteiger partial charge on any atom is -0.497 e. The molecule has 1 heterocycles. The maximum atomic E-state index is 12.1. The molecule has 1 aromatic carbocycles. The van der Waals surface area contributed by atoms with Gasteiger partial charge in [-0.2, -0.15) is 0 Å². The minimum absolute atomic E-state index is 0.0311. The first kappa shape index (κ1) is 18.5. The third kappa shape index (κ3) is 5.64. The van der Waals surface area contributed by atoms with E-state index < -0.39 is 0 Å². The smallest absolute Gasteiger partial charge is 0.220 e. The highest BCUT2D eigenvalue weighted by atomic mass is 16.5. The third-order valence-corrected chi connectivity index (χ3v) is 4.58. The average molecular weight is 332 g/mol. The summed E-state index contributed by atoms with van der Waals surface area (Å²) in [6.07, 6.45) is 3.88. The largest absolute Gasteiger partial charge is 0.497 e. The summed E-state index contributed by atoms with van der Waals surface area (Å²) >= 11 is 0. The first-order chi connectivity index (χ1) is 11.6. The van der Waals surface area contributed by atoms with E-state index in [1.54, 1.807) is 31.4 Å². The van der Waals surface area contributed by atoms with Crippen molar-refractivity contribution < 1.29 is 14.3 Å². The summed E-state index contributed by atoms with van der Waals surface area (Å²) in [6.45, 7) is 5.10. The molecule has 24 heavy (non-hydrogen) atoms. The van der Waals surface area contributed by atoms with Gasteiger partial charge >= 0.3 is 0 Å². The number of amides is 1. The van der Waals surface area contributed by atoms with Gasteiger partial charge in [0.05, 0.1) is 7.11 Å². The Kier molecular flexibility index (Phi) is 7.25. The van der Waals surface area contributed by atoms with E-state index in [1.165, 1.54) is 12.8 Å². The lowest BCUT2D eigenvalue weighted by molar-refractivity contribution is -0.121. The van der Waals surface area contributed by atoms with Crippen LogP contribution in [0.4, 0.5) is 0 Å². The Labute approximate surface area is 144 Å². The van der Waals surface area contributed by atoms with Crippen LogP contribution >= 0.6 is 0 Å². The van der Waals surface area contributed by atoms with Crippen molar-refractivity contribution in [1.82, 2.24) is 10.2 Å². The molecule has 5 heteroatoms. The average Bonchev–Trinajstić information content (AvgIpc) is 3.14. The van der Waals surface area contributed by atoms with Gasteiger partial charge in [-0.25, -0.2) is 0 Å². The van der Waals surface area contributed by atoms with Gasteiger partial charge in [0.25, 0.3) is 0 Å². The summed E-state index contributed by atoms with van der Waals surface area (Å²) < 4.78 is 5.08. The Morgan fingerprint density at radius 2 is 1.83 bits per heavy atom. The van der Waals surface area contributed by atoms with Crippen LogP contribution in [0.3, 0.4) is 0 Å². The lowest BCUT2D eigenvalue weighted by Gasteiger charge is -2.23. The van der Waals surface area contributed by atoms with E-state index in [-0.39, 0.29) is 11.7 Å². The van der Waals surface area contributed by atoms with Crippen LogP contribution in [0.25, 0.3) is 0 Å². The second-order valence-corrected chi connectivity index (χ2v) is 6.40. The summed E-state index contributed by atoms with van der Waals surface area (Å²) in [7, 11) is 1.60. The van der Waals surface area contributed by atoms with Gasteiger partial charge in [-0.1, -0.05) is 0 Å². The number of hydrogen-bond acceptors (Lipinski definition) is 4. The van der Waals surface area contributed by atoms with Gasteiger partial charge in [-0.15, -0.1) is 0 Å². The fraction of sp³-hybridized carbons (Fsp3) is 0.579. The fourth-order valence-electron chi connectivity index (χ4n) is 2.99. The Bertz CT molecular complexity index is 536. The summed E-state index contributed by atoms with van der Waals surface area (Å²) in [5, 5.41) is 2.98. The van der Waals surface area contributed by atoms with E-state index in [4.69, 9.17) is 4.74 Å². The molecule has 132 valence electrons. The number of carbonyl (C=O) groups excluding carboxylic acids is 2. The number of nitrogens with one attached hydrogen (secondary N) is 1. The van der Waals surface area contributed by atoms with Crippen molar-refractivity contribution in [3.05, 3.63) is 29.8 Å². The normalized spacial score (nSPS) is 15.9. The molecule has 1 amide bonds. The van der Waals surface area contributed by atoms with E-state index in [2.05, 4.69) is 17.1 Å². The molecule has 0 saturated carbocycles. The molecule has 1 fully saturated rings. The SMILES string of the molecule is COc1ccc(C(=O)CCCC(=O)NCC(C)N2CCCC2)cc1. The first-order valence-corrected chi connectivity index (χ1v) is 8.78. The number of rotatable bonds is 9. The third-order valence-electron chi connectivity index (χ3n) is 4.58. The summed E-state index contributed by atoms with van der Waals surface area (Å²) in [4.78, 5) is 26.4. The maximum absolute atomic E-state index is 12.1. The molecule has 0 aliphatic carbocycles. The molecule has 1 unspecified atom stereocenters. The Balaban J connectivity index is 1.63. The molecule has 0 spiro atoms. The highest BCUT2D eigenvalue weighted by Gasteiger charge is 2.18. The molecule has 5 nitrogen and oxygen atoms in total. The Morgan fingerprint density at radius 3 is 2.46 bits per heavy atom. The number of nitrogens with zero attached hydrogens (tertiary/aromatic N) is 1. The molecule has 1 N–H and O–H groups in total. The second kappa shape index (κ2) is 9.42. The number of hydrogen-bond donors (Lipinski definition) is 1. The van der Waals surface area contributed by atoms with Crippen LogP contribution in [0, 0.1) is 0 Å².